The van der Waals surface area contributed by atoms with Gasteiger partial charge in [-0.1, -0.05) is 133 Å². The summed E-state index contributed by atoms with van der Waals surface area (Å²) in [5.41, 5.74) is 7.88. The van der Waals surface area contributed by atoms with E-state index in [4.69, 9.17) is 19.4 Å². The molecule has 4 aromatic heterocycles. The van der Waals surface area contributed by atoms with Gasteiger partial charge in [-0.2, -0.15) is 0 Å². The average Bonchev–Trinajstić information content (AvgIpc) is 3.98. The van der Waals surface area contributed by atoms with Crippen LogP contribution in [0.5, 0.6) is 0 Å². The van der Waals surface area contributed by atoms with Crippen molar-refractivity contribution in [3.63, 3.8) is 0 Å². The maximum Gasteiger partial charge on any atom is 0.165 e. The summed E-state index contributed by atoms with van der Waals surface area (Å²) in [6.07, 6.45) is 0. The van der Waals surface area contributed by atoms with Crippen molar-refractivity contribution in [2.24, 2.45) is 0 Å². The highest BCUT2D eigenvalue weighted by atomic mass is 32.1. The van der Waals surface area contributed by atoms with Gasteiger partial charge in [0.05, 0.1) is 11.0 Å². The molecule has 0 N–H and O–H groups in total. The van der Waals surface area contributed by atoms with Crippen LogP contribution in [0.25, 0.3) is 125 Å². The fourth-order valence-corrected chi connectivity index (χ4v) is 10.3. The van der Waals surface area contributed by atoms with Crippen molar-refractivity contribution in [2.45, 2.75) is 0 Å². The van der Waals surface area contributed by atoms with Gasteiger partial charge in [-0.25, -0.2) is 15.0 Å². The van der Waals surface area contributed by atoms with Gasteiger partial charge >= 0.3 is 0 Å². The molecule has 6 heteroatoms. The van der Waals surface area contributed by atoms with Crippen molar-refractivity contribution in [3.8, 4) is 39.9 Å². The summed E-state index contributed by atoms with van der Waals surface area (Å²) in [5, 5.41) is 11.6. The van der Waals surface area contributed by atoms with E-state index in [1.165, 1.54) is 26.9 Å². The van der Waals surface area contributed by atoms with Crippen LogP contribution in [0.15, 0.2) is 186 Å². The maximum atomic E-state index is 6.72. The third-order valence-electron chi connectivity index (χ3n) is 11.8. The zero-order chi connectivity index (χ0) is 38.6. The monoisotopic (exact) mass is 770 g/mol. The summed E-state index contributed by atoms with van der Waals surface area (Å²) < 4.78 is 11.3. The molecule has 0 unspecified atom stereocenters. The lowest BCUT2D eigenvalue weighted by atomic mass is 10.00. The fourth-order valence-electron chi connectivity index (χ4n) is 9.12. The van der Waals surface area contributed by atoms with E-state index in [-0.39, 0.29) is 0 Å². The van der Waals surface area contributed by atoms with Gasteiger partial charge in [0.25, 0.3) is 0 Å². The SMILES string of the molecule is c1ccc(-c2nc(-c3ccc4c(ccc5ccccc54)c3)nc(-c3cc(-n4c5ccccc5c5ccccc54)cc4c3sc3ccc5c6ccccc6oc5c34)n2)cc1. The maximum absolute atomic E-state index is 6.72. The van der Waals surface area contributed by atoms with Crippen molar-refractivity contribution in [1.29, 1.82) is 0 Å². The highest BCUT2D eigenvalue weighted by Gasteiger charge is 2.23. The van der Waals surface area contributed by atoms with E-state index in [2.05, 4.69) is 162 Å². The minimum Gasteiger partial charge on any atom is -0.455 e. The Hall–Kier alpha value is -7.67. The number of nitrogens with zero attached hydrogens (tertiary/aromatic N) is 4. The van der Waals surface area contributed by atoms with Crippen molar-refractivity contribution >= 4 is 96.8 Å². The van der Waals surface area contributed by atoms with Crippen molar-refractivity contribution < 1.29 is 4.42 Å². The Morgan fingerprint density at radius 3 is 1.86 bits per heavy atom. The number of aromatic nitrogens is 4. The summed E-state index contributed by atoms with van der Waals surface area (Å²) >= 11 is 1.76. The predicted molar refractivity (Wildman–Crippen MR) is 246 cm³/mol. The molecule has 0 aliphatic heterocycles. The number of thiophene rings is 1. The summed E-state index contributed by atoms with van der Waals surface area (Å²) in [5.74, 6) is 1.87. The third kappa shape index (κ3) is 4.87. The second-order valence-electron chi connectivity index (χ2n) is 15.2. The Balaban J connectivity index is 1.14. The Bertz CT molecular complexity index is 3810. The third-order valence-corrected chi connectivity index (χ3v) is 13.0. The number of para-hydroxylation sites is 3. The Kier molecular flexibility index (Phi) is 6.82. The molecule has 13 aromatic rings. The molecule has 274 valence electrons. The van der Waals surface area contributed by atoms with Crippen LogP contribution in [0.2, 0.25) is 0 Å². The molecule has 0 saturated heterocycles. The summed E-state index contributed by atoms with van der Waals surface area (Å²) in [6.45, 7) is 0. The molecule has 0 bridgehead atoms. The zero-order valence-corrected chi connectivity index (χ0v) is 32.2. The number of fused-ring (bicyclic) bond motifs is 13. The predicted octanol–water partition coefficient (Wildman–Crippen LogP) is 14.5. The van der Waals surface area contributed by atoms with E-state index < -0.39 is 0 Å². The molecule has 13 rings (SSSR count). The molecule has 5 nitrogen and oxygen atoms in total. The number of rotatable bonds is 4. The molecule has 0 amide bonds. The van der Waals surface area contributed by atoms with E-state index in [9.17, 15) is 0 Å². The quantitative estimate of drug-likeness (QED) is 0.167. The Labute approximate surface area is 341 Å². The van der Waals surface area contributed by atoms with Gasteiger partial charge < -0.3 is 8.98 Å². The normalized spacial score (nSPS) is 12.1. The van der Waals surface area contributed by atoms with Crippen LogP contribution in [-0.2, 0) is 0 Å². The first-order valence-corrected chi connectivity index (χ1v) is 20.6. The van der Waals surface area contributed by atoms with Gasteiger partial charge in [-0.05, 0) is 70.1 Å². The van der Waals surface area contributed by atoms with Crippen LogP contribution in [0.1, 0.15) is 0 Å². The van der Waals surface area contributed by atoms with Gasteiger partial charge in [0.2, 0.25) is 0 Å². The smallest absolute Gasteiger partial charge is 0.165 e. The first kappa shape index (κ1) is 32.4. The summed E-state index contributed by atoms with van der Waals surface area (Å²) in [6, 6.07) is 64.3. The van der Waals surface area contributed by atoms with Crippen molar-refractivity contribution in [2.75, 3.05) is 0 Å². The zero-order valence-electron chi connectivity index (χ0n) is 31.4. The van der Waals surface area contributed by atoms with E-state index in [0.29, 0.717) is 17.5 Å². The Morgan fingerprint density at radius 2 is 1.05 bits per heavy atom. The van der Waals surface area contributed by atoms with Gasteiger partial charge in [0.1, 0.15) is 11.2 Å². The van der Waals surface area contributed by atoms with Gasteiger partial charge in [-0.15, -0.1) is 11.3 Å². The molecule has 0 aliphatic rings. The van der Waals surface area contributed by atoms with Gasteiger partial charge in [-0.3, -0.25) is 0 Å². The molecule has 0 radical (unpaired) electrons. The fraction of sp³-hybridized carbons (Fsp3) is 0. The number of furan rings is 1. The van der Waals surface area contributed by atoms with Gasteiger partial charge in [0, 0.05) is 64.1 Å². The van der Waals surface area contributed by atoms with Crippen LogP contribution in [-0.4, -0.2) is 19.5 Å². The molecule has 9 aromatic carbocycles. The van der Waals surface area contributed by atoms with Crippen molar-refractivity contribution in [3.05, 3.63) is 182 Å². The molecule has 0 atom stereocenters. The second-order valence-corrected chi connectivity index (χ2v) is 16.2. The second kappa shape index (κ2) is 12.4. The first-order valence-electron chi connectivity index (χ1n) is 19.8. The molecule has 4 heterocycles. The molecule has 0 saturated carbocycles. The number of hydrogen-bond donors (Lipinski definition) is 0. The van der Waals surface area contributed by atoms with E-state index in [0.717, 1.165) is 80.9 Å². The van der Waals surface area contributed by atoms with Crippen molar-refractivity contribution in [1.82, 2.24) is 19.5 Å². The van der Waals surface area contributed by atoms with E-state index in [1.54, 1.807) is 11.3 Å². The Morgan fingerprint density at radius 1 is 0.424 bits per heavy atom. The molecule has 59 heavy (non-hydrogen) atoms. The minimum absolute atomic E-state index is 0.618. The highest BCUT2D eigenvalue weighted by Crippen LogP contribution is 2.47. The lowest BCUT2D eigenvalue weighted by Crippen LogP contribution is -2.01. The highest BCUT2D eigenvalue weighted by molar-refractivity contribution is 7.26. The standard InChI is InChI=1S/C53H30N4OS/c1-2-13-32(14-3-1)51-54-52(34-24-25-37-33(28-34)23-22-31-12-4-5-15-36(31)37)56-53(55-51)43-30-35(57-44-19-9-6-16-38(44)39-17-7-10-20-45(39)57)29-42-48-47(59-50(42)43)27-26-41-40-18-8-11-21-46(40)58-49(41)48/h1-30H. The van der Waals surface area contributed by atoms with Crippen LogP contribution >= 0.6 is 11.3 Å². The lowest BCUT2D eigenvalue weighted by Gasteiger charge is -2.13. The van der Waals surface area contributed by atoms with Crippen LogP contribution < -0.4 is 0 Å². The number of benzene rings is 9. The average molecular weight is 771 g/mol. The van der Waals surface area contributed by atoms with Crippen LogP contribution in [0, 0.1) is 0 Å². The van der Waals surface area contributed by atoms with Crippen LogP contribution in [0.4, 0.5) is 0 Å². The number of hydrogen-bond acceptors (Lipinski definition) is 5. The van der Waals surface area contributed by atoms with E-state index >= 15 is 0 Å². The summed E-state index contributed by atoms with van der Waals surface area (Å²) in [7, 11) is 0. The van der Waals surface area contributed by atoms with Gasteiger partial charge in [0.15, 0.2) is 17.5 Å². The topological polar surface area (TPSA) is 56.7 Å². The molecule has 0 spiro atoms. The van der Waals surface area contributed by atoms with E-state index in [1.807, 2.05) is 24.3 Å². The minimum atomic E-state index is 0.618. The molecule has 0 fully saturated rings. The molecule has 0 aliphatic carbocycles. The first-order chi connectivity index (χ1) is 29.2. The van der Waals surface area contributed by atoms with Crippen LogP contribution in [0.3, 0.4) is 0 Å². The molecular formula is C53H30N4OS. The lowest BCUT2D eigenvalue weighted by molar-refractivity contribution is 0.673. The summed E-state index contributed by atoms with van der Waals surface area (Å²) in [4.78, 5) is 15.9. The largest absolute Gasteiger partial charge is 0.455 e. The molecular weight excluding hydrogens is 741 g/mol.